The highest BCUT2D eigenvalue weighted by Gasteiger charge is 2.09. The molecule has 0 spiro atoms. The van der Waals surface area contributed by atoms with Crippen LogP contribution in [0.1, 0.15) is 22.3 Å². The Hall–Kier alpha value is -3.59. The summed E-state index contributed by atoms with van der Waals surface area (Å²) in [4.78, 5) is 13.2. The molecule has 1 N–H and O–H groups in total. The maximum atomic E-state index is 12.1. The summed E-state index contributed by atoms with van der Waals surface area (Å²) in [6.45, 7) is 5.98. The number of aryl methyl sites for hydroxylation is 3. The fourth-order valence-electron chi connectivity index (χ4n) is 2.70. The van der Waals surface area contributed by atoms with Gasteiger partial charge in [-0.1, -0.05) is 17.7 Å². The molecule has 3 aromatic rings. The van der Waals surface area contributed by atoms with Crippen molar-refractivity contribution in [1.82, 2.24) is 9.89 Å². The Morgan fingerprint density at radius 1 is 1.04 bits per heavy atom. The molecule has 0 atom stereocenters. The minimum atomic E-state index is -0.320. The topological polar surface area (TPSA) is 79.9 Å². The normalized spacial score (nSPS) is 10.2. The molecule has 0 bridgehead atoms. The Morgan fingerprint density at radius 2 is 1.69 bits per heavy atom. The van der Waals surface area contributed by atoms with Crippen molar-refractivity contribution < 1.29 is 4.74 Å². The van der Waals surface area contributed by atoms with Gasteiger partial charge in [0.25, 0.3) is 5.56 Å². The van der Waals surface area contributed by atoms with E-state index < -0.39 is 0 Å². The summed E-state index contributed by atoms with van der Waals surface area (Å²) < 4.78 is 5.91. The van der Waals surface area contributed by atoms with Crippen LogP contribution in [0.25, 0.3) is 0 Å². The molecule has 1 aromatic heterocycles. The van der Waals surface area contributed by atoms with Crippen LogP contribution in [-0.4, -0.2) is 9.89 Å². The van der Waals surface area contributed by atoms with Gasteiger partial charge in [-0.15, -0.1) is 9.89 Å². The van der Waals surface area contributed by atoms with E-state index in [1.165, 1.54) is 12.1 Å². The lowest BCUT2D eigenvalue weighted by Gasteiger charge is -2.13. The molecule has 0 aliphatic rings. The zero-order chi connectivity index (χ0) is 18.7. The zero-order valence-corrected chi connectivity index (χ0v) is 14.8. The van der Waals surface area contributed by atoms with E-state index in [1.807, 2.05) is 39.0 Å². The first kappa shape index (κ1) is 17.2. The number of anilines is 1. The van der Waals surface area contributed by atoms with E-state index in [0.29, 0.717) is 17.1 Å². The van der Waals surface area contributed by atoms with E-state index in [2.05, 4.69) is 10.5 Å². The SMILES string of the molecule is Cc1cc(C)c(Oc2ccc(=O)n(Nc3ccc(C#N)cc3)n2)c(C)c1. The number of ether oxygens (including phenoxy) is 1. The third-order valence-electron chi connectivity index (χ3n) is 3.84. The Balaban J connectivity index is 1.88. The molecule has 3 rings (SSSR count). The summed E-state index contributed by atoms with van der Waals surface area (Å²) in [5.74, 6) is 1.03. The van der Waals surface area contributed by atoms with Gasteiger partial charge in [-0.25, -0.2) is 0 Å². The van der Waals surface area contributed by atoms with Crippen LogP contribution in [0.3, 0.4) is 0 Å². The molecule has 0 saturated heterocycles. The summed E-state index contributed by atoms with van der Waals surface area (Å²) in [6, 6.07) is 15.8. The van der Waals surface area contributed by atoms with Crippen molar-refractivity contribution in [3.8, 4) is 17.7 Å². The fourth-order valence-corrected chi connectivity index (χ4v) is 2.70. The number of aromatic nitrogens is 2. The summed E-state index contributed by atoms with van der Waals surface area (Å²) >= 11 is 0. The molecule has 0 aliphatic carbocycles. The monoisotopic (exact) mass is 346 g/mol. The minimum Gasteiger partial charge on any atom is -0.437 e. The average molecular weight is 346 g/mol. The van der Waals surface area contributed by atoms with Crippen LogP contribution in [0, 0.1) is 32.1 Å². The molecule has 6 heteroatoms. The number of nitrogens with zero attached hydrogens (tertiary/aromatic N) is 3. The van der Waals surface area contributed by atoms with Gasteiger partial charge in [0, 0.05) is 12.1 Å². The molecule has 2 aromatic carbocycles. The summed E-state index contributed by atoms with van der Waals surface area (Å²) in [5.41, 5.74) is 6.91. The van der Waals surface area contributed by atoms with Crippen LogP contribution >= 0.6 is 0 Å². The van der Waals surface area contributed by atoms with Gasteiger partial charge in [0.05, 0.1) is 17.3 Å². The fraction of sp³-hybridized carbons (Fsp3) is 0.150. The Bertz CT molecular complexity index is 1020. The van der Waals surface area contributed by atoms with Crippen molar-refractivity contribution in [2.45, 2.75) is 20.8 Å². The van der Waals surface area contributed by atoms with Gasteiger partial charge < -0.3 is 4.74 Å². The molecule has 0 fully saturated rings. The highest BCUT2D eigenvalue weighted by molar-refractivity contribution is 5.47. The van der Waals surface area contributed by atoms with E-state index in [1.54, 1.807) is 24.3 Å². The van der Waals surface area contributed by atoms with E-state index >= 15 is 0 Å². The molecule has 130 valence electrons. The molecule has 0 radical (unpaired) electrons. The van der Waals surface area contributed by atoms with Gasteiger partial charge in [-0.2, -0.15) is 5.26 Å². The smallest absolute Gasteiger partial charge is 0.286 e. The largest absolute Gasteiger partial charge is 0.437 e. The van der Waals surface area contributed by atoms with Crippen LogP contribution in [0.2, 0.25) is 0 Å². The first-order valence-corrected chi connectivity index (χ1v) is 8.09. The number of benzene rings is 2. The van der Waals surface area contributed by atoms with Crippen LogP contribution in [0.4, 0.5) is 5.69 Å². The van der Waals surface area contributed by atoms with Gasteiger partial charge in [-0.05, 0) is 56.2 Å². The number of hydrogen-bond donors (Lipinski definition) is 1. The van der Waals surface area contributed by atoms with Crippen LogP contribution in [-0.2, 0) is 0 Å². The van der Waals surface area contributed by atoms with Crippen molar-refractivity contribution in [3.05, 3.63) is 81.1 Å². The van der Waals surface area contributed by atoms with Gasteiger partial charge in [-0.3, -0.25) is 10.2 Å². The Labute approximate surface area is 151 Å². The first-order chi connectivity index (χ1) is 12.5. The van der Waals surface area contributed by atoms with E-state index in [-0.39, 0.29) is 5.56 Å². The van der Waals surface area contributed by atoms with Gasteiger partial charge >= 0.3 is 0 Å². The minimum absolute atomic E-state index is 0.306. The average Bonchev–Trinajstić information content (AvgIpc) is 2.61. The predicted octanol–water partition coefficient (Wildman–Crippen LogP) is 3.71. The lowest BCUT2D eigenvalue weighted by molar-refractivity contribution is 0.437. The predicted molar refractivity (Wildman–Crippen MR) is 99.4 cm³/mol. The Morgan fingerprint density at radius 3 is 2.31 bits per heavy atom. The molecular formula is C20H18N4O2. The lowest BCUT2D eigenvalue weighted by Crippen LogP contribution is -2.28. The van der Waals surface area contributed by atoms with Crippen molar-refractivity contribution in [2.75, 3.05) is 5.43 Å². The highest BCUT2D eigenvalue weighted by atomic mass is 16.5. The maximum absolute atomic E-state index is 12.1. The summed E-state index contributed by atoms with van der Waals surface area (Å²) in [6.07, 6.45) is 0. The molecule has 6 nitrogen and oxygen atoms in total. The Kier molecular flexibility index (Phi) is 4.72. The standard InChI is InChI=1S/C20H18N4O2/c1-13-10-14(2)20(15(3)11-13)26-18-8-9-19(25)24(23-18)22-17-6-4-16(12-21)5-7-17/h4-11,22H,1-3H3. The van der Waals surface area contributed by atoms with Crippen molar-refractivity contribution in [2.24, 2.45) is 0 Å². The number of rotatable bonds is 4. The molecule has 0 unspecified atom stereocenters. The molecule has 0 saturated carbocycles. The second kappa shape index (κ2) is 7.11. The molecule has 1 heterocycles. The summed E-state index contributed by atoms with van der Waals surface area (Å²) in [7, 11) is 0. The van der Waals surface area contributed by atoms with E-state index in [9.17, 15) is 4.79 Å². The third-order valence-corrected chi connectivity index (χ3v) is 3.84. The number of hydrogen-bond acceptors (Lipinski definition) is 5. The van der Waals surface area contributed by atoms with Gasteiger partial charge in [0.15, 0.2) is 0 Å². The number of nitrogens with one attached hydrogen (secondary N) is 1. The molecule has 0 aliphatic heterocycles. The zero-order valence-electron chi connectivity index (χ0n) is 14.8. The maximum Gasteiger partial charge on any atom is 0.286 e. The van der Waals surface area contributed by atoms with Crippen LogP contribution in [0.5, 0.6) is 11.6 Å². The molecule has 0 amide bonds. The quantitative estimate of drug-likeness (QED) is 0.779. The van der Waals surface area contributed by atoms with Crippen molar-refractivity contribution >= 4 is 5.69 Å². The van der Waals surface area contributed by atoms with Crippen LogP contribution < -0.4 is 15.7 Å². The van der Waals surface area contributed by atoms with Gasteiger partial charge in [0.1, 0.15) is 5.75 Å². The first-order valence-electron chi connectivity index (χ1n) is 8.09. The lowest BCUT2D eigenvalue weighted by atomic mass is 10.1. The third kappa shape index (κ3) is 3.73. The summed E-state index contributed by atoms with van der Waals surface area (Å²) in [5, 5.41) is 13.1. The van der Waals surface area contributed by atoms with E-state index in [4.69, 9.17) is 10.00 Å². The second-order valence-electron chi connectivity index (χ2n) is 6.05. The van der Waals surface area contributed by atoms with Crippen LogP contribution in [0.15, 0.2) is 53.3 Å². The van der Waals surface area contributed by atoms with Gasteiger partial charge in [0.2, 0.25) is 5.88 Å². The van der Waals surface area contributed by atoms with Crippen molar-refractivity contribution in [3.63, 3.8) is 0 Å². The van der Waals surface area contributed by atoms with E-state index in [0.717, 1.165) is 27.2 Å². The van der Waals surface area contributed by atoms with Crippen molar-refractivity contribution in [1.29, 1.82) is 5.26 Å². The number of nitriles is 1. The second-order valence-corrected chi connectivity index (χ2v) is 6.05. The molecular weight excluding hydrogens is 328 g/mol. The molecule has 26 heavy (non-hydrogen) atoms. The highest BCUT2D eigenvalue weighted by Crippen LogP contribution is 2.28.